The normalized spacial score (nSPS) is 10.8. The molecule has 0 aliphatic carbocycles. The lowest BCUT2D eigenvalue weighted by Gasteiger charge is -2.15. The highest BCUT2D eigenvalue weighted by molar-refractivity contribution is 7.15. The number of hydrogen-bond donors (Lipinski definition) is 2. The summed E-state index contributed by atoms with van der Waals surface area (Å²) in [5.41, 5.74) is 1.60. The van der Waals surface area contributed by atoms with Crippen LogP contribution in [0.5, 0.6) is 0 Å². The first kappa shape index (κ1) is 18.2. The molecular formula is C18H22N2O3S. The second kappa shape index (κ2) is 8.61. The third kappa shape index (κ3) is 4.66. The van der Waals surface area contributed by atoms with E-state index in [9.17, 15) is 14.7 Å². The Hall–Kier alpha value is -2.18. The lowest BCUT2D eigenvalue weighted by molar-refractivity contribution is -0.117. The molecule has 5 nitrogen and oxygen atoms in total. The van der Waals surface area contributed by atoms with Crippen LogP contribution in [0.1, 0.15) is 30.1 Å². The van der Waals surface area contributed by atoms with Crippen LogP contribution in [0.15, 0.2) is 35.7 Å². The first-order valence-electron chi connectivity index (χ1n) is 7.91. The van der Waals surface area contributed by atoms with Crippen molar-refractivity contribution in [2.75, 3.05) is 25.5 Å². The van der Waals surface area contributed by atoms with E-state index in [1.54, 1.807) is 5.38 Å². The summed E-state index contributed by atoms with van der Waals surface area (Å²) in [5.74, 6) is -1.23. The van der Waals surface area contributed by atoms with Gasteiger partial charge in [-0.15, -0.1) is 11.3 Å². The van der Waals surface area contributed by atoms with Gasteiger partial charge >= 0.3 is 5.97 Å². The largest absolute Gasteiger partial charge is 0.478 e. The molecule has 1 aromatic carbocycles. The van der Waals surface area contributed by atoms with Gasteiger partial charge in [-0.3, -0.25) is 9.69 Å². The number of rotatable bonds is 8. The van der Waals surface area contributed by atoms with Crippen LogP contribution in [0.2, 0.25) is 0 Å². The van der Waals surface area contributed by atoms with Crippen molar-refractivity contribution in [2.45, 2.75) is 19.8 Å². The topological polar surface area (TPSA) is 69.6 Å². The minimum Gasteiger partial charge on any atom is -0.478 e. The molecule has 0 aliphatic rings. The zero-order valence-corrected chi connectivity index (χ0v) is 14.7. The van der Waals surface area contributed by atoms with E-state index in [4.69, 9.17) is 0 Å². The quantitative estimate of drug-likeness (QED) is 0.763. The van der Waals surface area contributed by atoms with Gasteiger partial charge in [0, 0.05) is 10.9 Å². The van der Waals surface area contributed by atoms with Crippen LogP contribution in [0.4, 0.5) is 5.00 Å². The van der Waals surface area contributed by atoms with Crippen LogP contribution in [-0.4, -0.2) is 42.0 Å². The lowest BCUT2D eigenvalue weighted by atomic mass is 10.0. The molecule has 6 heteroatoms. The van der Waals surface area contributed by atoms with Gasteiger partial charge in [-0.2, -0.15) is 0 Å². The van der Waals surface area contributed by atoms with Crippen LogP contribution in [0.25, 0.3) is 11.1 Å². The molecule has 0 bridgehead atoms. The van der Waals surface area contributed by atoms with E-state index in [1.165, 1.54) is 11.3 Å². The monoisotopic (exact) mass is 346 g/mol. The van der Waals surface area contributed by atoms with E-state index in [1.807, 2.05) is 42.3 Å². The van der Waals surface area contributed by atoms with Crippen molar-refractivity contribution in [3.63, 3.8) is 0 Å². The summed E-state index contributed by atoms with van der Waals surface area (Å²) < 4.78 is 0. The fourth-order valence-corrected chi connectivity index (χ4v) is 3.39. The number of unbranched alkanes of at least 4 members (excludes halogenated alkanes) is 1. The van der Waals surface area contributed by atoms with E-state index in [-0.39, 0.29) is 18.0 Å². The number of carbonyl (C=O) groups excluding carboxylic acids is 1. The van der Waals surface area contributed by atoms with Crippen molar-refractivity contribution in [1.29, 1.82) is 0 Å². The average molecular weight is 346 g/mol. The maximum Gasteiger partial charge on any atom is 0.339 e. The molecule has 2 aromatic rings. The molecule has 2 rings (SSSR count). The minimum absolute atomic E-state index is 0.149. The number of nitrogens with one attached hydrogen (secondary N) is 1. The Morgan fingerprint density at radius 2 is 1.96 bits per heavy atom. The van der Waals surface area contributed by atoms with Crippen LogP contribution < -0.4 is 5.32 Å². The van der Waals surface area contributed by atoms with E-state index in [0.717, 1.165) is 24.9 Å². The maximum absolute atomic E-state index is 12.2. The molecule has 1 heterocycles. The Morgan fingerprint density at radius 3 is 2.58 bits per heavy atom. The second-order valence-corrected chi connectivity index (χ2v) is 6.54. The number of nitrogens with zero attached hydrogens (tertiary/aromatic N) is 1. The molecule has 1 aromatic heterocycles. The average Bonchev–Trinajstić information content (AvgIpc) is 2.97. The predicted molar refractivity (Wildman–Crippen MR) is 97.7 cm³/mol. The summed E-state index contributed by atoms with van der Waals surface area (Å²) in [5, 5.41) is 14.5. The van der Waals surface area contributed by atoms with Crippen LogP contribution >= 0.6 is 11.3 Å². The number of carboxylic acids is 1. The number of benzene rings is 1. The van der Waals surface area contributed by atoms with Crippen molar-refractivity contribution in [3.05, 3.63) is 41.3 Å². The molecule has 0 spiro atoms. The fourth-order valence-electron chi connectivity index (χ4n) is 2.41. The van der Waals surface area contributed by atoms with Gasteiger partial charge < -0.3 is 10.4 Å². The SMILES string of the molecule is CCCCN(C)CC(=O)Nc1scc(-c2ccccc2)c1C(=O)O. The summed E-state index contributed by atoms with van der Waals surface area (Å²) in [6.45, 7) is 3.19. The molecule has 0 saturated carbocycles. The van der Waals surface area contributed by atoms with Crippen molar-refractivity contribution in [1.82, 2.24) is 4.90 Å². The van der Waals surface area contributed by atoms with Crippen molar-refractivity contribution < 1.29 is 14.7 Å². The van der Waals surface area contributed by atoms with Gasteiger partial charge in [-0.25, -0.2) is 4.79 Å². The van der Waals surface area contributed by atoms with Gasteiger partial charge in [0.1, 0.15) is 10.6 Å². The number of thiophene rings is 1. The summed E-state index contributed by atoms with van der Waals surface area (Å²) >= 11 is 1.24. The number of carboxylic acid groups (broad SMARTS) is 1. The predicted octanol–water partition coefficient (Wildman–Crippen LogP) is 3.78. The Kier molecular flexibility index (Phi) is 6.52. The Labute approximate surface area is 145 Å². The standard InChI is InChI=1S/C18H22N2O3S/c1-3-4-10-20(2)11-15(21)19-17-16(18(22)23)14(12-24-17)13-8-6-5-7-9-13/h5-9,12H,3-4,10-11H2,1-2H3,(H,19,21)(H,22,23). The first-order chi connectivity index (χ1) is 11.5. The zero-order valence-electron chi connectivity index (χ0n) is 13.9. The zero-order chi connectivity index (χ0) is 17.5. The van der Waals surface area contributed by atoms with Crippen molar-refractivity contribution >= 4 is 28.2 Å². The summed E-state index contributed by atoms with van der Waals surface area (Å²) in [6, 6.07) is 9.32. The van der Waals surface area contributed by atoms with Gasteiger partial charge in [0.05, 0.1) is 6.54 Å². The number of aromatic carboxylic acids is 1. The summed E-state index contributed by atoms with van der Waals surface area (Å²) in [6.07, 6.45) is 2.10. The van der Waals surface area contributed by atoms with Gasteiger partial charge in [-0.1, -0.05) is 43.7 Å². The van der Waals surface area contributed by atoms with E-state index < -0.39 is 5.97 Å². The summed E-state index contributed by atoms with van der Waals surface area (Å²) in [7, 11) is 1.89. The van der Waals surface area contributed by atoms with E-state index >= 15 is 0 Å². The molecule has 1 amide bonds. The third-order valence-electron chi connectivity index (χ3n) is 3.65. The molecule has 0 fully saturated rings. The number of carbonyl (C=O) groups is 2. The van der Waals surface area contributed by atoms with Crippen LogP contribution in [0.3, 0.4) is 0 Å². The smallest absolute Gasteiger partial charge is 0.339 e. The highest BCUT2D eigenvalue weighted by atomic mass is 32.1. The highest BCUT2D eigenvalue weighted by Crippen LogP contribution is 2.35. The van der Waals surface area contributed by atoms with Gasteiger partial charge in [-0.05, 0) is 25.6 Å². The second-order valence-electron chi connectivity index (χ2n) is 5.66. The Balaban J connectivity index is 2.15. The molecular weight excluding hydrogens is 324 g/mol. The van der Waals surface area contributed by atoms with Gasteiger partial charge in [0.25, 0.3) is 0 Å². The van der Waals surface area contributed by atoms with Crippen LogP contribution in [-0.2, 0) is 4.79 Å². The van der Waals surface area contributed by atoms with Crippen LogP contribution in [0, 0.1) is 0 Å². The third-order valence-corrected chi connectivity index (χ3v) is 4.54. The Morgan fingerprint density at radius 1 is 1.25 bits per heavy atom. The maximum atomic E-state index is 12.2. The fraction of sp³-hybridized carbons (Fsp3) is 0.333. The summed E-state index contributed by atoms with van der Waals surface area (Å²) in [4.78, 5) is 25.8. The van der Waals surface area contributed by atoms with Crippen molar-refractivity contribution in [3.8, 4) is 11.1 Å². The Bertz CT molecular complexity index is 698. The molecule has 24 heavy (non-hydrogen) atoms. The highest BCUT2D eigenvalue weighted by Gasteiger charge is 2.21. The van der Waals surface area contributed by atoms with Crippen molar-refractivity contribution in [2.24, 2.45) is 0 Å². The molecule has 2 N–H and O–H groups in total. The number of anilines is 1. The molecule has 0 saturated heterocycles. The molecule has 128 valence electrons. The number of amides is 1. The van der Waals surface area contributed by atoms with Gasteiger partial charge in [0.15, 0.2) is 0 Å². The van der Waals surface area contributed by atoms with Gasteiger partial charge in [0.2, 0.25) is 5.91 Å². The molecule has 0 unspecified atom stereocenters. The molecule has 0 atom stereocenters. The minimum atomic E-state index is -1.04. The first-order valence-corrected chi connectivity index (χ1v) is 8.79. The molecule has 0 radical (unpaired) electrons. The number of hydrogen-bond acceptors (Lipinski definition) is 4. The van der Waals surface area contributed by atoms with E-state index in [0.29, 0.717) is 10.6 Å². The molecule has 0 aliphatic heterocycles. The lowest BCUT2D eigenvalue weighted by Crippen LogP contribution is -2.31. The van der Waals surface area contributed by atoms with E-state index in [2.05, 4.69) is 12.2 Å². The number of likely N-dealkylation sites (N-methyl/N-ethyl adjacent to an activating group) is 1.